The van der Waals surface area contributed by atoms with Crippen molar-refractivity contribution in [3.05, 3.63) is 52.0 Å². The number of nitrogens with one attached hydrogen (secondary N) is 2. The molecule has 0 radical (unpaired) electrons. The molecule has 0 saturated heterocycles. The predicted octanol–water partition coefficient (Wildman–Crippen LogP) is 3.19. The summed E-state index contributed by atoms with van der Waals surface area (Å²) in [5, 5.41) is 7.48. The van der Waals surface area contributed by atoms with E-state index in [9.17, 15) is 14.0 Å². The van der Waals surface area contributed by atoms with Crippen LogP contribution < -0.4 is 10.6 Å². The van der Waals surface area contributed by atoms with E-state index in [1.54, 1.807) is 17.4 Å². The van der Waals surface area contributed by atoms with Gasteiger partial charge in [-0.15, -0.1) is 11.3 Å². The van der Waals surface area contributed by atoms with E-state index in [2.05, 4.69) is 10.6 Å². The van der Waals surface area contributed by atoms with Crippen molar-refractivity contribution in [2.24, 2.45) is 0 Å². The molecule has 4 nitrogen and oxygen atoms in total. The fourth-order valence-corrected chi connectivity index (χ4v) is 3.33. The molecule has 2 atom stereocenters. The van der Waals surface area contributed by atoms with Gasteiger partial charge in [0, 0.05) is 17.0 Å². The molecule has 0 aliphatic carbocycles. The van der Waals surface area contributed by atoms with E-state index < -0.39 is 11.7 Å². The van der Waals surface area contributed by atoms with Crippen LogP contribution in [0.15, 0.2) is 35.7 Å². The Balaban J connectivity index is 1.82. The zero-order chi connectivity index (χ0) is 15.7. The summed E-state index contributed by atoms with van der Waals surface area (Å²) < 4.78 is 13.3. The molecule has 0 saturated carbocycles. The first-order valence-electron chi connectivity index (χ1n) is 6.97. The number of anilines is 1. The lowest BCUT2D eigenvalue weighted by molar-refractivity contribution is -0.126. The SMILES string of the molecule is C[C@@H](NC(=O)[C@@H]1CC(=O)Nc2cc(F)ccc21)c1cccs1. The van der Waals surface area contributed by atoms with Crippen molar-refractivity contribution in [3.8, 4) is 0 Å². The Morgan fingerprint density at radius 2 is 2.27 bits per heavy atom. The molecule has 1 aromatic carbocycles. The van der Waals surface area contributed by atoms with E-state index in [0.29, 0.717) is 11.3 Å². The molecule has 0 bridgehead atoms. The number of fused-ring (bicyclic) bond motifs is 1. The monoisotopic (exact) mass is 318 g/mol. The Labute approximate surface area is 131 Å². The number of amides is 2. The molecule has 1 aliphatic heterocycles. The molecular formula is C16H15FN2O2S. The lowest BCUT2D eigenvalue weighted by Gasteiger charge is -2.26. The van der Waals surface area contributed by atoms with Crippen LogP contribution in [0.25, 0.3) is 0 Å². The van der Waals surface area contributed by atoms with Crippen LogP contribution in [0.3, 0.4) is 0 Å². The molecule has 0 fully saturated rings. The molecule has 2 heterocycles. The predicted molar refractivity (Wildman–Crippen MR) is 83.3 cm³/mol. The van der Waals surface area contributed by atoms with Gasteiger partial charge in [0.1, 0.15) is 5.82 Å². The van der Waals surface area contributed by atoms with Crippen LogP contribution in [0, 0.1) is 5.82 Å². The van der Waals surface area contributed by atoms with Crippen LogP contribution in [0.2, 0.25) is 0 Å². The highest BCUT2D eigenvalue weighted by Crippen LogP contribution is 2.33. The summed E-state index contributed by atoms with van der Waals surface area (Å²) >= 11 is 1.56. The highest BCUT2D eigenvalue weighted by Gasteiger charge is 2.31. The Morgan fingerprint density at radius 3 is 3.00 bits per heavy atom. The maximum atomic E-state index is 13.3. The largest absolute Gasteiger partial charge is 0.348 e. The first kappa shape index (κ1) is 14.7. The van der Waals surface area contributed by atoms with Crippen molar-refractivity contribution < 1.29 is 14.0 Å². The second-order valence-electron chi connectivity index (χ2n) is 5.28. The Morgan fingerprint density at radius 1 is 1.45 bits per heavy atom. The number of thiophene rings is 1. The first-order chi connectivity index (χ1) is 10.5. The summed E-state index contributed by atoms with van der Waals surface area (Å²) in [5.41, 5.74) is 1.03. The van der Waals surface area contributed by atoms with Crippen molar-refractivity contribution in [3.63, 3.8) is 0 Å². The third-order valence-corrected chi connectivity index (χ3v) is 4.75. The molecule has 114 valence electrons. The summed E-state index contributed by atoms with van der Waals surface area (Å²) in [4.78, 5) is 25.3. The van der Waals surface area contributed by atoms with Crippen LogP contribution in [-0.2, 0) is 9.59 Å². The normalized spacial score (nSPS) is 18.3. The van der Waals surface area contributed by atoms with E-state index in [1.165, 1.54) is 12.1 Å². The quantitative estimate of drug-likeness (QED) is 0.913. The van der Waals surface area contributed by atoms with Crippen molar-refractivity contribution >= 4 is 28.8 Å². The third-order valence-electron chi connectivity index (χ3n) is 3.70. The molecule has 2 N–H and O–H groups in total. The molecule has 1 aromatic heterocycles. The lowest BCUT2D eigenvalue weighted by Crippen LogP contribution is -2.36. The molecule has 2 amide bonds. The van der Waals surface area contributed by atoms with Crippen LogP contribution in [0.1, 0.15) is 35.7 Å². The van der Waals surface area contributed by atoms with Gasteiger partial charge in [-0.25, -0.2) is 4.39 Å². The maximum Gasteiger partial charge on any atom is 0.228 e. The van der Waals surface area contributed by atoms with Gasteiger partial charge in [-0.1, -0.05) is 12.1 Å². The zero-order valence-electron chi connectivity index (χ0n) is 11.9. The Kier molecular flexibility index (Phi) is 3.94. The highest BCUT2D eigenvalue weighted by molar-refractivity contribution is 7.10. The minimum Gasteiger partial charge on any atom is -0.348 e. The fourth-order valence-electron chi connectivity index (χ4n) is 2.59. The molecule has 0 unspecified atom stereocenters. The molecule has 3 rings (SSSR count). The van der Waals surface area contributed by atoms with Gasteiger partial charge < -0.3 is 10.6 Å². The Bertz CT molecular complexity index is 715. The van der Waals surface area contributed by atoms with E-state index in [1.807, 2.05) is 24.4 Å². The van der Waals surface area contributed by atoms with Crippen molar-refractivity contribution in [2.75, 3.05) is 5.32 Å². The molecular weight excluding hydrogens is 303 g/mol. The number of halogens is 1. The highest BCUT2D eigenvalue weighted by atomic mass is 32.1. The van der Waals surface area contributed by atoms with Crippen LogP contribution in [0.4, 0.5) is 10.1 Å². The lowest BCUT2D eigenvalue weighted by atomic mass is 9.89. The van der Waals surface area contributed by atoms with Crippen LogP contribution in [-0.4, -0.2) is 11.8 Å². The van der Waals surface area contributed by atoms with Crippen LogP contribution in [0.5, 0.6) is 0 Å². The first-order valence-corrected chi connectivity index (χ1v) is 7.85. The smallest absolute Gasteiger partial charge is 0.228 e. The average Bonchev–Trinajstić information content (AvgIpc) is 3.00. The van der Waals surface area contributed by atoms with Gasteiger partial charge in [0.2, 0.25) is 11.8 Å². The summed E-state index contributed by atoms with van der Waals surface area (Å²) in [6.45, 7) is 1.90. The van der Waals surface area contributed by atoms with E-state index in [0.717, 1.165) is 4.88 Å². The van der Waals surface area contributed by atoms with Gasteiger partial charge in [-0.2, -0.15) is 0 Å². The van der Waals surface area contributed by atoms with E-state index in [-0.39, 0.29) is 24.3 Å². The van der Waals surface area contributed by atoms with Gasteiger partial charge in [0.05, 0.1) is 12.0 Å². The van der Waals surface area contributed by atoms with Gasteiger partial charge >= 0.3 is 0 Å². The number of carbonyl (C=O) groups is 2. The van der Waals surface area contributed by atoms with Crippen LogP contribution >= 0.6 is 11.3 Å². The minimum absolute atomic E-state index is 0.0711. The molecule has 0 spiro atoms. The molecule has 6 heteroatoms. The second kappa shape index (κ2) is 5.88. The van der Waals surface area contributed by atoms with Crippen molar-refractivity contribution in [2.45, 2.75) is 25.3 Å². The van der Waals surface area contributed by atoms with Crippen molar-refractivity contribution in [1.29, 1.82) is 0 Å². The summed E-state index contributed by atoms with van der Waals surface area (Å²) in [6.07, 6.45) is 0.0711. The summed E-state index contributed by atoms with van der Waals surface area (Å²) in [6, 6.07) is 7.86. The maximum absolute atomic E-state index is 13.3. The number of hydrogen-bond donors (Lipinski definition) is 2. The number of benzene rings is 1. The van der Waals surface area contributed by atoms with E-state index >= 15 is 0 Å². The zero-order valence-corrected chi connectivity index (χ0v) is 12.7. The Hall–Kier alpha value is -2.21. The second-order valence-corrected chi connectivity index (χ2v) is 6.26. The third kappa shape index (κ3) is 2.87. The summed E-state index contributed by atoms with van der Waals surface area (Å²) in [5.74, 6) is -1.52. The summed E-state index contributed by atoms with van der Waals surface area (Å²) in [7, 11) is 0. The number of carbonyl (C=O) groups excluding carboxylic acids is 2. The number of rotatable bonds is 3. The average molecular weight is 318 g/mol. The topological polar surface area (TPSA) is 58.2 Å². The standard InChI is InChI=1S/C16H15FN2O2S/c1-9(14-3-2-6-22-14)18-16(21)12-8-15(20)19-13-7-10(17)4-5-11(12)13/h2-7,9,12H,8H2,1H3,(H,18,21)(H,19,20)/t9-,12-/m1/s1. The van der Waals surface area contributed by atoms with E-state index in [4.69, 9.17) is 0 Å². The molecule has 22 heavy (non-hydrogen) atoms. The van der Waals surface area contributed by atoms with Gasteiger partial charge in [0.15, 0.2) is 0 Å². The number of hydrogen-bond acceptors (Lipinski definition) is 3. The van der Waals surface area contributed by atoms with Gasteiger partial charge in [-0.05, 0) is 36.1 Å². The van der Waals surface area contributed by atoms with Crippen molar-refractivity contribution in [1.82, 2.24) is 5.32 Å². The molecule has 1 aliphatic rings. The van der Waals surface area contributed by atoms with Gasteiger partial charge in [0.25, 0.3) is 0 Å². The minimum atomic E-state index is -0.591. The van der Waals surface area contributed by atoms with Gasteiger partial charge in [-0.3, -0.25) is 9.59 Å². The molecule has 2 aromatic rings. The fraction of sp³-hybridized carbons (Fsp3) is 0.250.